The van der Waals surface area contributed by atoms with Gasteiger partial charge in [0.05, 0.1) is 27.8 Å². The minimum Gasteiger partial charge on any atom is -0.359 e. The Morgan fingerprint density at radius 1 is 1.20 bits per heavy atom. The van der Waals surface area contributed by atoms with Gasteiger partial charge in [-0.25, -0.2) is 12.8 Å². The first-order valence-corrected chi connectivity index (χ1v) is 9.31. The number of sulfonamides is 1. The monoisotopic (exact) mass is 383 g/mol. The van der Waals surface area contributed by atoms with Crippen LogP contribution in [0, 0.1) is 5.82 Å². The van der Waals surface area contributed by atoms with Gasteiger partial charge in [0.15, 0.2) is 0 Å². The maximum absolute atomic E-state index is 13.2. The highest BCUT2D eigenvalue weighted by Crippen LogP contribution is 2.30. The molecular formula is C16H15ClFN3O3S. The van der Waals surface area contributed by atoms with Gasteiger partial charge in [0.25, 0.3) is 10.0 Å². The Balaban J connectivity index is 1.82. The van der Waals surface area contributed by atoms with Gasteiger partial charge >= 0.3 is 0 Å². The van der Waals surface area contributed by atoms with Gasteiger partial charge in [-0.15, -0.1) is 0 Å². The zero-order chi connectivity index (χ0) is 18.0. The molecule has 0 spiro atoms. The number of piperazine rings is 1. The smallest absolute Gasteiger partial charge is 0.261 e. The van der Waals surface area contributed by atoms with Crippen LogP contribution in [0.1, 0.15) is 0 Å². The molecule has 2 N–H and O–H groups in total. The lowest BCUT2D eigenvalue weighted by Gasteiger charge is -2.29. The summed E-state index contributed by atoms with van der Waals surface area (Å²) in [6.45, 7) is 1.32. The summed E-state index contributed by atoms with van der Waals surface area (Å²) >= 11 is 6.24. The number of hydrogen-bond donors (Lipinski definition) is 2. The van der Waals surface area contributed by atoms with Crippen LogP contribution in [0.3, 0.4) is 0 Å². The van der Waals surface area contributed by atoms with Gasteiger partial charge < -0.3 is 10.2 Å². The van der Waals surface area contributed by atoms with Crippen molar-refractivity contribution in [1.82, 2.24) is 5.32 Å². The van der Waals surface area contributed by atoms with E-state index in [1.807, 2.05) is 4.90 Å². The van der Waals surface area contributed by atoms with E-state index >= 15 is 0 Å². The van der Waals surface area contributed by atoms with E-state index in [0.29, 0.717) is 23.8 Å². The van der Waals surface area contributed by atoms with Crippen LogP contribution in [0.4, 0.5) is 15.8 Å². The second kappa shape index (κ2) is 6.89. The Labute approximate surface area is 149 Å². The lowest BCUT2D eigenvalue weighted by Crippen LogP contribution is -2.47. The fraction of sp³-hybridized carbons (Fsp3) is 0.188. The quantitative estimate of drug-likeness (QED) is 0.848. The largest absolute Gasteiger partial charge is 0.359 e. The number of halogens is 2. The Kier molecular flexibility index (Phi) is 4.82. The molecule has 1 saturated heterocycles. The van der Waals surface area contributed by atoms with Crippen LogP contribution in [0.2, 0.25) is 5.02 Å². The van der Waals surface area contributed by atoms with Crippen LogP contribution in [0.25, 0.3) is 0 Å². The molecule has 0 unspecified atom stereocenters. The van der Waals surface area contributed by atoms with Gasteiger partial charge in [-0.2, -0.15) is 0 Å². The van der Waals surface area contributed by atoms with Crippen LogP contribution in [-0.2, 0) is 14.8 Å². The van der Waals surface area contributed by atoms with E-state index in [2.05, 4.69) is 10.0 Å². The molecular weight excluding hydrogens is 369 g/mol. The third-order valence-electron chi connectivity index (χ3n) is 3.69. The molecule has 6 nitrogen and oxygen atoms in total. The first-order valence-electron chi connectivity index (χ1n) is 7.45. The molecule has 0 aliphatic carbocycles. The average molecular weight is 384 g/mol. The molecule has 0 atom stereocenters. The van der Waals surface area contributed by atoms with E-state index in [1.165, 1.54) is 24.3 Å². The first-order chi connectivity index (χ1) is 11.8. The number of anilines is 2. The van der Waals surface area contributed by atoms with Crippen molar-refractivity contribution in [1.29, 1.82) is 0 Å². The van der Waals surface area contributed by atoms with Crippen molar-refractivity contribution in [3.63, 3.8) is 0 Å². The summed E-state index contributed by atoms with van der Waals surface area (Å²) in [4.78, 5) is 13.1. The Hall–Kier alpha value is -2.32. The number of rotatable bonds is 4. The first kappa shape index (κ1) is 17.5. The number of carbonyl (C=O) groups is 1. The molecule has 1 heterocycles. The van der Waals surface area contributed by atoms with Crippen molar-refractivity contribution < 1.29 is 17.6 Å². The highest BCUT2D eigenvalue weighted by atomic mass is 35.5. The molecule has 1 fully saturated rings. The van der Waals surface area contributed by atoms with E-state index < -0.39 is 15.8 Å². The Morgan fingerprint density at radius 3 is 2.68 bits per heavy atom. The summed E-state index contributed by atoms with van der Waals surface area (Å²) in [7, 11) is -3.93. The summed E-state index contributed by atoms with van der Waals surface area (Å²) in [6, 6.07) is 9.37. The predicted molar refractivity (Wildman–Crippen MR) is 93.9 cm³/mol. The molecule has 0 saturated carbocycles. The SMILES string of the molecule is O=C1CN(c2ccc(NS(=O)(=O)c3cccc(F)c3)cc2Cl)CCN1. The molecule has 25 heavy (non-hydrogen) atoms. The number of amides is 1. The van der Waals surface area contributed by atoms with E-state index in [9.17, 15) is 17.6 Å². The number of benzene rings is 2. The lowest BCUT2D eigenvalue weighted by molar-refractivity contribution is -0.120. The van der Waals surface area contributed by atoms with Crippen LogP contribution in [0.15, 0.2) is 47.4 Å². The average Bonchev–Trinajstić information content (AvgIpc) is 2.54. The van der Waals surface area contributed by atoms with Crippen LogP contribution >= 0.6 is 11.6 Å². The number of nitrogens with one attached hydrogen (secondary N) is 2. The zero-order valence-electron chi connectivity index (χ0n) is 13.0. The van der Waals surface area contributed by atoms with Gasteiger partial charge in [0, 0.05) is 13.1 Å². The molecule has 0 aromatic heterocycles. The Bertz CT molecular complexity index is 921. The highest BCUT2D eigenvalue weighted by Gasteiger charge is 2.20. The molecule has 0 radical (unpaired) electrons. The predicted octanol–water partition coefficient (Wildman–Crippen LogP) is 2.22. The molecule has 0 bridgehead atoms. The number of hydrogen-bond acceptors (Lipinski definition) is 4. The molecule has 2 aromatic rings. The molecule has 1 aliphatic rings. The summed E-state index contributed by atoms with van der Waals surface area (Å²) in [5.74, 6) is -0.738. The fourth-order valence-electron chi connectivity index (χ4n) is 2.52. The van der Waals surface area contributed by atoms with Crippen molar-refractivity contribution in [2.45, 2.75) is 4.90 Å². The lowest BCUT2D eigenvalue weighted by atomic mass is 10.2. The number of carbonyl (C=O) groups excluding carboxylic acids is 1. The second-order valence-electron chi connectivity index (χ2n) is 5.50. The normalized spacial score (nSPS) is 15.0. The maximum Gasteiger partial charge on any atom is 0.261 e. The fourth-order valence-corrected chi connectivity index (χ4v) is 3.90. The van der Waals surface area contributed by atoms with Crippen LogP contribution in [-0.4, -0.2) is 34.0 Å². The summed E-state index contributed by atoms with van der Waals surface area (Å²) in [5.41, 5.74) is 0.893. The zero-order valence-corrected chi connectivity index (χ0v) is 14.6. The van der Waals surface area contributed by atoms with Crippen molar-refractivity contribution >= 4 is 38.9 Å². The highest BCUT2D eigenvalue weighted by molar-refractivity contribution is 7.92. The number of nitrogens with zero attached hydrogens (tertiary/aromatic N) is 1. The van der Waals surface area contributed by atoms with E-state index in [0.717, 1.165) is 6.07 Å². The van der Waals surface area contributed by atoms with Gasteiger partial charge in [-0.3, -0.25) is 9.52 Å². The van der Waals surface area contributed by atoms with Gasteiger partial charge in [-0.05, 0) is 36.4 Å². The standard InChI is InChI=1S/C16H15ClFN3O3S/c17-14-9-12(4-5-15(14)21-7-6-19-16(22)10-21)20-25(23,24)13-3-1-2-11(18)8-13/h1-5,8-9,20H,6-7,10H2,(H,19,22). The molecule has 1 aliphatic heterocycles. The minimum atomic E-state index is -3.93. The third-order valence-corrected chi connectivity index (χ3v) is 5.37. The van der Waals surface area contributed by atoms with Crippen molar-refractivity contribution in [3.8, 4) is 0 Å². The summed E-state index contributed by atoms with van der Waals surface area (Å²) < 4.78 is 40.2. The van der Waals surface area contributed by atoms with E-state index in [-0.39, 0.29) is 23.0 Å². The minimum absolute atomic E-state index is 0.0989. The van der Waals surface area contributed by atoms with Crippen molar-refractivity contribution in [2.24, 2.45) is 0 Å². The molecule has 2 aromatic carbocycles. The Morgan fingerprint density at radius 2 is 2.00 bits per heavy atom. The second-order valence-corrected chi connectivity index (χ2v) is 7.59. The molecule has 9 heteroatoms. The van der Waals surface area contributed by atoms with Crippen LogP contribution in [0.5, 0.6) is 0 Å². The van der Waals surface area contributed by atoms with Crippen molar-refractivity contribution in [2.75, 3.05) is 29.3 Å². The van der Waals surface area contributed by atoms with E-state index in [1.54, 1.807) is 12.1 Å². The summed E-state index contributed by atoms with van der Waals surface area (Å²) in [5, 5.41) is 3.03. The van der Waals surface area contributed by atoms with Crippen molar-refractivity contribution in [3.05, 3.63) is 53.3 Å². The summed E-state index contributed by atoms with van der Waals surface area (Å²) in [6.07, 6.45) is 0. The molecule has 3 rings (SSSR count). The molecule has 1 amide bonds. The third kappa shape index (κ3) is 4.02. The maximum atomic E-state index is 13.2. The van der Waals surface area contributed by atoms with Gasteiger partial charge in [-0.1, -0.05) is 17.7 Å². The van der Waals surface area contributed by atoms with Gasteiger partial charge in [0.2, 0.25) is 5.91 Å². The van der Waals surface area contributed by atoms with Gasteiger partial charge in [0.1, 0.15) is 5.82 Å². The van der Waals surface area contributed by atoms with Crippen LogP contribution < -0.4 is 14.9 Å². The topological polar surface area (TPSA) is 78.5 Å². The van der Waals surface area contributed by atoms with E-state index in [4.69, 9.17) is 11.6 Å². The molecule has 132 valence electrons.